The maximum absolute atomic E-state index is 6.08. The molecule has 0 saturated heterocycles. The molecule has 1 atom stereocenters. The van der Waals surface area contributed by atoms with Crippen LogP contribution in [0.15, 0.2) is 66.3 Å². The van der Waals surface area contributed by atoms with E-state index in [4.69, 9.17) is 16.3 Å². The van der Waals surface area contributed by atoms with Gasteiger partial charge in [-0.1, -0.05) is 53.7 Å². The Kier molecular flexibility index (Phi) is 6.58. The fraction of sp³-hybridized carbons (Fsp3) is 0.238. The van der Waals surface area contributed by atoms with Crippen molar-refractivity contribution in [3.63, 3.8) is 0 Å². The van der Waals surface area contributed by atoms with Crippen molar-refractivity contribution in [3.05, 3.63) is 83.2 Å². The van der Waals surface area contributed by atoms with Gasteiger partial charge < -0.3 is 4.74 Å². The Hall–Kier alpha value is -2.24. The van der Waals surface area contributed by atoms with Gasteiger partial charge >= 0.3 is 0 Å². The van der Waals surface area contributed by atoms with Crippen LogP contribution in [0.2, 0.25) is 5.02 Å². The number of benzene rings is 2. The van der Waals surface area contributed by atoms with Crippen molar-refractivity contribution in [2.75, 3.05) is 0 Å². The number of hydrogen-bond acceptors (Lipinski definition) is 4. The fourth-order valence-electron chi connectivity index (χ4n) is 2.68. The molecule has 6 heteroatoms. The standard InChI is InChI=1S/C21H22ClN3OS/c1-4-12-25-20(16(3)26-19-7-5-6-15(2)13-19)23-24-21(25)27-14-17-8-10-18(22)11-9-17/h4-11,13,16H,1,12,14H2,2-3H3. The van der Waals surface area contributed by atoms with Crippen molar-refractivity contribution < 1.29 is 4.74 Å². The van der Waals surface area contributed by atoms with E-state index in [9.17, 15) is 0 Å². The molecule has 0 aliphatic heterocycles. The van der Waals surface area contributed by atoms with Gasteiger partial charge in [0.25, 0.3) is 0 Å². The number of halogens is 1. The van der Waals surface area contributed by atoms with E-state index in [1.165, 1.54) is 5.56 Å². The van der Waals surface area contributed by atoms with Crippen molar-refractivity contribution in [3.8, 4) is 5.75 Å². The van der Waals surface area contributed by atoms with Crippen molar-refractivity contribution in [1.29, 1.82) is 0 Å². The maximum atomic E-state index is 6.08. The van der Waals surface area contributed by atoms with Crippen LogP contribution in [0.25, 0.3) is 0 Å². The lowest BCUT2D eigenvalue weighted by molar-refractivity contribution is 0.210. The van der Waals surface area contributed by atoms with Crippen LogP contribution in [0.4, 0.5) is 0 Å². The quantitative estimate of drug-likeness (QED) is 0.351. The topological polar surface area (TPSA) is 39.9 Å². The predicted octanol–water partition coefficient (Wildman–Crippen LogP) is 5.86. The number of aromatic nitrogens is 3. The fourth-order valence-corrected chi connectivity index (χ4v) is 3.72. The van der Waals surface area contributed by atoms with Gasteiger partial charge in [-0.25, -0.2) is 0 Å². The monoisotopic (exact) mass is 399 g/mol. The van der Waals surface area contributed by atoms with E-state index in [0.717, 1.165) is 33.1 Å². The highest BCUT2D eigenvalue weighted by Crippen LogP contribution is 2.27. The number of hydrogen-bond donors (Lipinski definition) is 0. The van der Waals surface area contributed by atoms with E-state index in [1.54, 1.807) is 11.8 Å². The molecule has 3 rings (SSSR count). The van der Waals surface area contributed by atoms with E-state index in [2.05, 4.69) is 16.8 Å². The van der Waals surface area contributed by atoms with Crippen LogP contribution in [-0.4, -0.2) is 14.8 Å². The molecular formula is C21H22ClN3OS. The maximum Gasteiger partial charge on any atom is 0.191 e. The minimum absolute atomic E-state index is 0.218. The Morgan fingerprint density at radius 1 is 1.22 bits per heavy atom. The second-order valence-corrected chi connectivity index (χ2v) is 7.61. The summed E-state index contributed by atoms with van der Waals surface area (Å²) < 4.78 is 8.13. The average molecular weight is 400 g/mol. The van der Waals surface area contributed by atoms with Gasteiger partial charge in [-0.15, -0.1) is 16.8 Å². The van der Waals surface area contributed by atoms with Crippen LogP contribution in [0.5, 0.6) is 5.75 Å². The number of ether oxygens (including phenoxy) is 1. The summed E-state index contributed by atoms with van der Waals surface area (Å²) in [7, 11) is 0. The number of rotatable bonds is 8. The molecule has 3 aromatic rings. The summed E-state index contributed by atoms with van der Waals surface area (Å²) in [4.78, 5) is 0. The molecule has 2 aromatic carbocycles. The Morgan fingerprint density at radius 2 is 2.00 bits per heavy atom. The summed E-state index contributed by atoms with van der Waals surface area (Å²) in [5, 5.41) is 10.3. The van der Waals surface area contributed by atoms with E-state index in [-0.39, 0.29) is 6.10 Å². The molecule has 0 N–H and O–H groups in total. The van der Waals surface area contributed by atoms with E-state index in [1.807, 2.05) is 73.0 Å². The second-order valence-electron chi connectivity index (χ2n) is 6.23. The van der Waals surface area contributed by atoms with Crippen molar-refractivity contribution in [2.45, 2.75) is 37.4 Å². The summed E-state index contributed by atoms with van der Waals surface area (Å²) in [6, 6.07) is 15.8. The molecule has 0 aliphatic rings. The zero-order valence-electron chi connectivity index (χ0n) is 15.4. The molecule has 1 unspecified atom stereocenters. The molecule has 0 radical (unpaired) electrons. The lowest BCUT2D eigenvalue weighted by Crippen LogP contribution is -2.12. The Balaban J connectivity index is 1.75. The van der Waals surface area contributed by atoms with Crippen LogP contribution in [0, 0.1) is 6.92 Å². The number of nitrogens with zero attached hydrogens (tertiary/aromatic N) is 3. The Morgan fingerprint density at radius 3 is 2.70 bits per heavy atom. The first kappa shape index (κ1) is 19.5. The lowest BCUT2D eigenvalue weighted by Gasteiger charge is -2.16. The van der Waals surface area contributed by atoms with Gasteiger partial charge in [0.15, 0.2) is 17.1 Å². The van der Waals surface area contributed by atoms with Crippen LogP contribution >= 0.6 is 23.4 Å². The minimum atomic E-state index is -0.218. The van der Waals surface area contributed by atoms with Gasteiger partial charge in [0.1, 0.15) is 5.75 Å². The zero-order chi connectivity index (χ0) is 19.2. The lowest BCUT2D eigenvalue weighted by atomic mass is 10.2. The van der Waals surface area contributed by atoms with Crippen LogP contribution in [0.1, 0.15) is 30.0 Å². The van der Waals surface area contributed by atoms with Crippen molar-refractivity contribution >= 4 is 23.4 Å². The highest BCUT2D eigenvalue weighted by molar-refractivity contribution is 7.98. The second kappa shape index (κ2) is 9.11. The predicted molar refractivity (Wildman–Crippen MR) is 111 cm³/mol. The molecule has 0 fully saturated rings. The largest absolute Gasteiger partial charge is 0.483 e. The number of thioether (sulfide) groups is 1. The third-order valence-electron chi connectivity index (χ3n) is 4.00. The molecule has 0 saturated carbocycles. The average Bonchev–Trinajstić information content (AvgIpc) is 3.04. The first-order valence-electron chi connectivity index (χ1n) is 8.71. The summed E-state index contributed by atoms with van der Waals surface area (Å²) in [5.41, 5.74) is 2.34. The van der Waals surface area contributed by atoms with Crippen LogP contribution in [-0.2, 0) is 12.3 Å². The molecule has 0 amide bonds. The molecule has 0 aliphatic carbocycles. The first-order chi connectivity index (χ1) is 13.1. The van der Waals surface area contributed by atoms with Crippen molar-refractivity contribution in [1.82, 2.24) is 14.8 Å². The molecule has 1 heterocycles. The van der Waals surface area contributed by atoms with Gasteiger partial charge in [0.05, 0.1) is 0 Å². The molecule has 0 spiro atoms. The van der Waals surface area contributed by atoms with Gasteiger partial charge in [0, 0.05) is 17.3 Å². The highest BCUT2D eigenvalue weighted by Gasteiger charge is 2.19. The van der Waals surface area contributed by atoms with E-state index in [0.29, 0.717) is 6.54 Å². The number of aryl methyl sites for hydroxylation is 1. The minimum Gasteiger partial charge on any atom is -0.483 e. The molecule has 27 heavy (non-hydrogen) atoms. The normalized spacial score (nSPS) is 12.0. The highest BCUT2D eigenvalue weighted by atomic mass is 35.5. The summed E-state index contributed by atoms with van der Waals surface area (Å²) in [6.07, 6.45) is 1.63. The molecular weight excluding hydrogens is 378 g/mol. The smallest absolute Gasteiger partial charge is 0.191 e. The Labute approximate surface area is 169 Å². The molecule has 0 bridgehead atoms. The van der Waals surface area contributed by atoms with Gasteiger partial charge in [0.2, 0.25) is 0 Å². The summed E-state index contributed by atoms with van der Waals surface area (Å²) in [5.74, 6) is 2.40. The summed E-state index contributed by atoms with van der Waals surface area (Å²) >= 11 is 7.59. The third-order valence-corrected chi connectivity index (χ3v) is 5.29. The van der Waals surface area contributed by atoms with E-state index < -0.39 is 0 Å². The zero-order valence-corrected chi connectivity index (χ0v) is 17.0. The van der Waals surface area contributed by atoms with Crippen LogP contribution in [0.3, 0.4) is 0 Å². The van der Waals surface area contributed by atoms with Gasteiger partial charge in [-0.05, 0) is 49.2 Å². The molecule has 1 aromatic heterocycles. The van der Waals surface area contributed by atoms with Crippen molar-refractivity contribution in [2.24, 2.45) is 0 Å². The SMILES string of the molecule is C=CCn1c(SCc2ccc(Cl)cc2)nnc1C(C)Oc1cccc(C)c1. The van der Waals surface area contributed by atoms with Gasteiger partial charge in [-0.2, -0.15) is 0 Å². The first-order valence-corrected chi connectivity index (χ1v) is 10.1. The molecule has 4 nitrogen and oxygen atoms in total. The Bertz CT molecular complexity index is 908. The van der Waals surface area contributed by atoms with Crippen LogP contribution < -0.4 is 4.74 Å². The van der Waals surface area contributed by atoms with Gasteiger partial charge in [-0.3, -0.25) is 4.57 Å². The third kappa shape index (κ3) is 5.15. The summed E-state index contributed by atoms with van der Waals surface area (Å²) in [6.45, 7) is 8.52. The number of allylic oxidation sites excluding steroid dienone is 1. The molecule has 140 valence electrons. The van der Waals surface area contributed by atoms with E-state index >= 15 is 0 Å².